The topological polar surface area (TPSA) is 65.5 Å². The summed E-state index contributed by atoms with van der Waals surface area (Å²) in [6.45, 7) is 3.39. The molecule has 2 aromatic rings. The maximum absolute atomic E-state index is 12.6. The van der Waals surface area contributed by atoms with Gasteiger partial charge in [0.25, 0.3) is 0 Å². The molecule has 9 heteroatoms. The first-order valence-electron chi connectivity index (χ1n) is 9.15. The Hall–Kier alpha value is -3.10. The third kappa shape index (κ3) is 5.46. The fourth-order valence-corrected chi connectivity index (χ4v) is 3.12. The lowest BCUT2D eigenvalue weighted by molar-refractivity contribution is -0.138. The van der Waals surface area contributed by atoms with Crippen LogP contribution in [0, 0.1) is 0 Å². The predicted molar refractivity (Wildman–Crippen MR) is 102 cm³/mol. The number of carbonyl (C=O) groups is 2. The molecule has 154 valence electrons. The van der Waals surface area contributed by atoms with E-state index in [-0.39, 0.29) is 18.2 Å². The van der Waals surface area contributed by atoms with Crippen molar-refractivity contribution in [2.24, 2.45) is 0 Å². The molecule has 1 fully saturated rings. The number of halogens is 3. The van der Waals surface area contributed by atoms with Gasteiger partial charge in [0, 0.05) is 45.0 Å². The first-order valence-corrected chi connectivity index (χ1v) is 9.15. The normalized spacial score (nSPS) is 14.6. The number of rotatable bonds is 4. The molecule has 1 aromatic carbocycles. The second-order valence-corrected chi connectivity index (χ2v) is 6.83. The Labute approximate surface area is 166 Å². The van der Waals surface area contributed by atoms with Gasteiger partial charge in [0.15, 0.2) is 0 Å². The van der Waals surface area contributed by atoms with Gasteiger partial charge in [0.2, 0.25) is 11.8 Å². The number of pyridine rings is 1. The minimum Gasteiger partial charge on any atom is -0.353 e. The average molecular weight is 406 g/mol. The van der Waals surface area contributed by atoms with E-state index in [1.165, 1.54) is 13.0 Å². The highest BCUT2D eigenvalue weighted by Crippen LogP contribution is 2.29. The molecule has 0 saturated carbocycles. The summed E-state index contributed by atoms with van der Waals surface area (Å²) in [6, 6.07) is 9.47. The largest absolute Gasteiger partial charge is 0.417 e. The van der Waals surface area contributed by atoms with Gasteiger partial charge >= 0.3 is 6.18 Å². The molecule has 2 heterocycles. The van der Waals surface area contributed by atoms with Gasteiger partial charge in [-0.3, -0.25) is 9.59 Å². The van der Waals surface area contributed by atoms with E-state index >= 15 is 0 Å². The van der Waals surface area contributed by atoms with E-state index in [0.717, 1.165) is 17.8 Å². The van der Waals surface area contributed by atoms with E-state index in [2.05, 4.69) is 10.3 Å². The second kappa shape index (κ2) is 8.50. The molecule has 0 spiro atoms. The molecule has 1 aromatic heterocycles. The fraction of sp³-hybridized carbons (Fsp3) is 0.350. The smallest absolute Gasteiger partial charge is 0.353 e. The summed E-state index contributed by atoms with van der Waals surface area (Å²) in [4.78, 5) is 31.1. The number of nitrogens with zero attached hydrogens (tertiary/aromatic N) is 3. The summed E-state index contributed by atoms with van der Waals surface area (Å²) in [5, 5.41) is 2.67. The summed E-state index contributed by atoms with van der Waals surface area (Å²) in [5.74, 6) is 0.296. The first-order chi connectivity index (χ1) is 13.7. The zero-order valence-electron chi connectivity index (χ0n) is 15.9. The maximum atomic E-state index is 12.6. The third-order valence-corrected chi connectivity index (χ3v) is 4.66. The quantitative estimate of drug-likeness (QED) is 0.848. The van der Waals surface area contributed by atoms with Crippen LogP contribution >= 0.6 is 0 Å². The molecule has 2 amide bonds. The summed E-state index contributed by atoms with van der Waals surface area (Å²) >= 11 is 0. The zero-order valence-corrected chi connectivity index (χ0v) is 15.9. The van der Waals surface area contributed by atoms with E-state index in [1.54, 1.807) is 29.2 Å². The van der Waals surface area contributed by atoms with Crippen molar-refractivity contribution in [3.63, 3.8) is 0 Å². The number of benzene rings is 1. The highest BCUT2D eigenvalue weighted by Gasteiger charge is 2.31. The molecule has 29 heavy (non-hydrogen) atoms. The van der Waals surface area contributed by atoms with Gasteiger partial charge in [-0.25, -0.2) is 4.98 Å². The van der Waals surface area contributed by atoms with Crippen molar-refractivity contribution in [3.8, 4) is 0 Å². The van der Waals surface area contributed by atoms with E-state index in [9.17, 15) is 22.8 Å². The van der Waals surface area contributed by atoms with Gasteiger partial charge in [0.1, 0.15) is 5.82 Å². The Morgan fingerprint density at radius 3 is 2.21 bits per heavy atom. The number of alkyl halides is 3. The number of amides is 2. The highest BCUT2D eigenvalue weighted by atomic mass is 19.4. The van der Waals surface area contributed by atoms with Crippen molar-refractivity contribution in [1.29, 1.82) is 0 Å². The lowest BCUT2D eigenvalue weighted by atomic mass is 10.1. The van der Waals surface area contributed by atoms with Crippen LogP contribution in [-0.4, -0.2) is 47.9 Å². The van der Waals surface area contributed by atoms with Crippen LogP contribution in [0.25, 0.3) is 0 Å². The number of hydrogen-bond donors (Lipinski definition) is 1. The Morgan fingerprint density at radius 2 is 1.69 bits per heavy atom. The molecule has 6 nitrogen and oxygen atoms in total. The van der Waals surface area contributed by atoms with Crippen LogP contribution in [-0.2, 0) is 22.2 Å². The van der Waals surface area contributed by atoms with E-state index < -0.39 is 11.7 Å². The van der Waals surface area contributed by atoms with E-state index in [1.807, 2.05) is 4.90 Å². The van der Waals surface area contributed by atoms with Crippen molar-refractivity contribution < 1.29 is 22.8 Å². The molecule has 0 aliphatic carbocycles. The molecule has 1 aliphatic heterocycles. The molecule has 0 bridgehead atoms. The minimum atomic E-state index is -4.41. The van der Waals surface area contributed by atoms with Crippen molar-refractivity contribution in [1.82, 2.24) is 9.88 Å². The van der Waals surface area contributed by atoms with Crippen LogP contribution in [0.1, 0.15) is 18.1 Å². The summed E-state index contributed by atoms with van der Waals surface area (Å²) < 4.78 is 37.9. The lowest BCUT2D eigenvalue weighted by Gasteiger charge is -2.35. The van der Waals surface area contributed by atoms with Gasteiger partial charge in [-0.15, -0.1) is 0 Å². The summed E-state index contributed by atoms with van der Waals surface area (Å²) in [6.07, 6.45) is -3.33. The second-order valence-electron chi connectivity index (χ2n) is 6.83. The van der Waals surface area contributed by atoms with Crippen LogP contribution in [0.3, 0.4) is 0 Å². The van der Waals surface area contributed by atoms with Gasteiger partial charge in [-0.05, 0) is 29.8 Å². The number of aromatic nitrogens is 1. The van der Waals surface area contributed by atoms with Crippen LogP contribution in [0.15, 0.2) is 42.6 Å². The molecule has 3 rings (SSSR count). The summed E-state index contributed by atoms with van der Waals surface area (Å²) in [5.41, 5.74) is 0.738. The molecule has 0 atom stereocenters. The Kier molecular flexibility index (Phi) is 6.05. The van der Waals surface area contributed by atoms with Crippen molar-refractivity contribution >= 4 is 23.3 Å². The first kappa shape index (κ1) is 20.6. The van der Waals surface area contributed by atoms with Crippen molar-refractivity contribution in [2.45, 2.75) is 19.5 Å². The van der Waals surface area contributed by atoms with Crippen molar-refractivity contribution in [3.05, 3.63) is 53.7 Å². The van der Waals surface area contributed by atoms with Crippen LogP contribution in [0.2, 0.25) is 0 Å². The number of nitrogens with one attached hydrogen (secondary N) is 1. The molecular weight excluding hydrogens is 385 g/mol. The predicted octanol–water partition coefficient (Wildman–Crippen LogP) is 2.95. The Bertz CT molecular complexity index is 859. The van der Waals surface area contributed by atoms with Gasteiger partial charge in [0.05, 0.1) is 12.0 Å². The number of carbonyl (C=O) groups excluding carboxylic acids is 2. The Balaban J connectivity index is 1.52. The molecule has 1 aliphatic rings. The van der Waals surface area contributed by atoms with Crippen LogP contribution in [0.4, 0.5) is 24.7 Å². The average Bonchev–Trinajstić information content (AvgIpc) is 2.69. The van der Waals surface area contributed by atoms with E-state index in [4.69, 9.17) is 0 Å². The van der Waals surface area contributed by atoms with Gasteiger partial charge in [-0.1, -0.05) is 12.1 Å². The molecule has 1 saturated heterocycles. The monoisotopic (exact) mass is 406 g/mol. The highest BCUT2D eigenvalue weighted by molar-refractivity contribution is 5.88. The van der Waals surface area contributed by atoms with Crippen LogP contribution in [0.5, 0.6) is 0 Å². The standard InChI is InChI=1S/C20H21F3N4O2/c1-14(28)25-17-5-2-15(3-6-17)12-19(29)27-10-8-26(9-11-27)18-7-4-16(13-24-18)20(21,22)23/h2-7,13H,8-12H2,1H3,(H,25,28). The van der Waals surface area contributed by atoms with Crippen molar-refractivity contribution in [2.75, 3.05) is 36.4 Å². The minimum absolute atomic E-state index is 0.0164. The van der Waals surface area contributed by atoms with Gasteiger partial charge in [-0.2, -0.15) is 13.2 Å². The fourth-order valence-electron chi connectivity index (χ4n) is 3.12. The zero-order chi connectivity index (χ0) is 21.0. The number of anilines is 2. The molecule has 0 radical (unpaired) electrons. The number of piperazine rings is 1. The lowest BCUT2D eigenvalue weighted by Crippen LogP contribution is -2.49. The number of hydrogen-bond acceptors (Lipinski definition) is 4. The third-order valence-electron chi connectivity index (χ3n) is 4.66. The van der Waals surface area contributed by atoms with E-state index in [0.29, 0.717) is 37.7 Å². The molecular formula is C20H21F3N4O2. The van der Waals surface area contributed by atoms with Gasteiger partial charge < -0.3 is 15.1 Å². The Morgan fingerprint density at radius 1 is 1.03 bits per heavy atom. The maximum Gasteiger partial charge on any atom is 0.417 e. The van der Waals surface area contributed by atoms with Crippen LogP contribution < -0.4 is 10.2 Å². The molecule has 0 unspecified atom stereocenters. The molecule has 1 N–H and O–H groups in total. The SMILES string of the molecule is CC(=O)Nc1ccc(CC(=O)N2CCN(c3ccc(C(F)(F)F)cn3)CC2)cc1. The summed E-state index contributed by atoms with van der Waals surface area (Å²) in [7, 11) is 0.